The van der Waals surface area contributed by atoms with Crippen molar-refractivity contribution in [1.82, 2.24) is 5.32 Å². The van der Waals surface area contributed by atoms with Gasteiger partial charge in [0, 0.05) is 20.2 Å². The predicted octanol–water partition coefficient (Wildman–Crippen LogP) is 1.18. The first-order valence-electron chi connectivity index (χ1n) is 6.66. The molecule has 1 fully saturated rings. The number of hydrogen-bond acceptors (Lipinski definition) is 4. The van der Waals surface area contributed by atoms with E-state index in [1.165, 1.54) is 6.42 Å². The maximum absolute atomic E-state index is 10.4. The Kier molecular flexibility index (Phi) is 7.04. The van der Waals surface area contributed by atoms with Crippen molar-refractivity contribution >= 4 is 0 Å². The first kappa shape index (κ1) is 14.9. The van der Waals surface area contributed by atoms with Gasteiger partial charge in [0.25, 0.3) is 0 Å². The summed E-state index contributed by atoms with van der Waals surface area (Å²) in [5.74, 6) is 0.647. The highest BCUT2D eigenvalue weighted by atomic mass is 16.5. The maximum atomic E-state index is 10.4. The molecule has 1 aliphatic carbocycles. The second-order valence-electron chi connectivity index (χ2n) is 5.21. The Balaban J connectivity index is 2.01. The number of ether oxygens (including phenoxy) is 2. The van der Waals surface area contributed by atoms with E-state index >= 15 is 0 Å². The zero-order valence-electron chi connectivity index (χ0n) is 11.2. The maximum Gasteiger partial charge on any atom is 0.0774 e. The van der Waals surface area contributed by atoms with Crippen LogP contribution in [0.1, 0.15) is 32.6 Å². The molecule has 17 heavy (non-hydrogen) atoms. The second-order valence-corrected chi connectivity index (χ2v) is 5.21. The standard InChI is InChI=1S/C13H27NO3/c1-12-4-3-5-13(15,10-12)11-14-6-7-17-9-8-16-2/h12,14-15H,3-11H2,1-2H3. The van der Waals surface area contributed by atoms with Crippen LogP contribution in [0.25, 0.3) is 0 Å². The Labute approximate surface area is 105 Å². The fourth-order valence-electron chi connectivity index (χ4n) is 2.50. The summed E-state index contributed by atoms with van der Waals surface area (Å²) in [5.41, 5.74) is -0.496. The molecule has 0 aliphatic heterocycles. The van der Waals surface area contributed by atoms with Crippen molar-refractivity contribution in [2.75, 3.05) is 40.0 Å². The van der Waals surface area contributed by atoms with Gasteiger partial charge in [0.1, 0.15) is 0 Å². The van der Waals surface area contributed by atoms with Gasteiger partial charge in [-0.2, -0.15) is 0 Å². The van der Waals surface area contributed by atoms with Crippen LogP contribution in [0, 0.1) is 5.92 Å². The summed E-state index contributed by atoms with van der Waals surface area (Å²) < 4.78 is 10.2. The second kappa shape index (κ2) is 8.03. The fraction of sp³-hybridized carbons (Fsp3) is 1.00. The molecule has 0 aromatic carbocycles. The van der Waals surface area contributed by atoms with E-state index in [2.05, 4.69) is 12.2 Å². The van der Waals surface area contributed by atoms with Crippen molar-refractivity contribution in [2.24, 2.45) is 5.92 Å². The van der Waals surface area contributed by atoms with Gasteiger partial charge in [-0.05, 0) is 18.8 Å². The van der Waals surface area contributed by atoms with Gasteiger partial charge in [0.05, 0.1) is 25.4 Å². The Morgan fingerprint density at radius 1 is 1.35 bits per heavy atom. The van der Waals surface area contributed by atoms with E-state index in [1.807, 2.05) is 0 Å². The molecule has 0 heterocycles. The highest BCUT2D eigenvalue weighted by molar-refractivity contribution is 4.86. The van der Waals surface area contributed by atoms with Crippen LogP contribution in [0.4, 0.5) is 0 Å². The summed E-state index contributed by atoms with van der Waals surface area (Å²) in [6.45, 7) is 5.65. The largest absolute Gasteiger partial charge is 0.389 e. The Morgan fingerprint density at radius 2 is 2.18 bits per heavy atom. The third-order valence-electron chi connectivity index (χ3n) is 3.38. The van der Waals surface area contributed by atoms with E-state index in [0.717, 1.165) is 25.8 Å². The van der Waals surface area contributed by atoms with Gasteiger partial charge in [-0.15, -0.1) is 0 Å². The molecule has 0 aromatic rings. The fourth-order valence-corrected chi connectivity index (χ4v) is 2.50. The third kappa shape index (κ3) is 6.36. The van der Waals surface area contributed by atoms with Crippen LogP contribution in [-0.2, 0) is 9.47 Å². The Morgan fingerprint density at radius 3 is 2.88 bits per heavy atom. The SMILES string of the molecule is COCCOCCNCC1(O)CCCC(C)C1. The average molecular weight is 245 g/mol. The van der Waals surface area contributed by atoms with Crippen LogP contribution in [-0.4, -0.2) is 50.7 Å². The quantitative estimate of drug-likeness (QED) is 0.631. The molecule has 1 rings (SSSR count). The molecule has 2 atom stereocenters. The summed E-state index contributed by atoms with van der Waals surface area (Å²) in [7, 11) is 1.67. The normalized spacial score (nSPS) is 29.5. The van der Waals surface area contributed by atoms with E-state index in [1.54, 1.807) is 7.11 Å². The zero-order valence-corrected chi connectivity index (χ0v) is 11.2. The topological polar surface area (TPSA) is 50.7 Å². The molecule has 1 aliphatic rings. The smallest absolute Gasteiger partial charge is 0.0774 e. The van der Waals surface area contributed by atoms with Gasteiger partial charge in [-0.1, -0.05) is 19.8 Å². The van der Waals surface area contributed by atoms with Gasteiger partial charge in [0.2, 0.25) is 0 Å². The molecule has 1 saturated carbocycles. The summed E-state index contributed by atoms with van der Waals surface area (Å²) >= 11 is 0. The van der Waals surface area contributed by atoms with Crippen LogP contribution in [0.3, 0.4) is 0 Å². The number of rotatable bonds is 8. The molecule has 0 spiro atoms. The van der Waals surface area contributed by atoms with Crippen molar-refractivity contribution in [3.8, 4) is 0 Å². The van der Waals surface area contributed by atoms with E-state index < -0.39 is 5.60 Å². The molecule has 0 saturated heterocycles. The average Bonchev–Trinajstić information content (AvgIpc) is 2.27. The van der Waals surface area contributed by atoms with E-state index in [9.17, 15) is 5.11 Å². The summed E-state index contributed by atoms with van der Waals surface area (Å²) in [6.07, 6.45) is 4.24. The third-order valence-corrected chi connectivity index (χ3v) is 3.38. The van der Waals surface area contributed by atoms with Gasteiger partial charge in [0.15, 0.2) is 0 Å². The van der Waals surface area contributed by atoms with Crippen LogP contribution < -0.4 is 5.32 Å². The van der Waals surface area contributed by atoms with Gasteiger partial charge < -0.3 is 19.9 Å². The molecular formula is C13H27NO3. The van der Waals surface area contributed by atoms with Crippen LogP contribution in [0.2, 0.25) is 0 Å². The van der Waals surface area contributed by atoms with Crippen molar-refractivity contribution < 1.29 is 14.6 Å². The van der Waals surface area contributed by atoms with Crippen molar-refractivity contribution in [2.45, 2.75) is 38.2 Å². The number of methoxy groups -OCH3 is 1. The van der Waals surface area contributed by atoms with E-state index in [4.69, 9.17) is 9.47 Å². The number of hydrogen-bond donors (Lipinski definition) is 2. The molecule has 2 N–H and O–H groups in total. The lowest BCUT2D eigenvalue weighted by atomic mass is 9.79. The minimum atomic E-state index is -0.496. The Hall–Kier alpha value is -0.160. The first-order valence-corrected chi connectivity index (χ1v) is 6.66. The van der Waals surface area contributed by atoms with Gasteiger partial charge in [-0.3, -0.25) is 0 Å². The molecule has 4 nitrogen and oxygen atoms in total. The summed E-state index contributed by atoms with van der Waals surface area (Å²) in [5, 5.41) is 13.6. The minimum absolute atomic E-state index is 0.496. The summed E-state index contributed by atoms with van der Waals surface area (Å²) in [4.78, 5) is 0. The molecule has 0 radical (unpaired) electrons. The number of nitrogens with one attached hydrogen (secondary N) is 1. The van der Waals surface area contributed by atoms with Gasteiger partial charge in [-0.25, -0.2) is 0 Å². The molecule has 4 heteroatoms. The van der Waals surface area contributed by atoms with E-state index in [0.29, 0.717) is 32.3 Å². The van der Waals surface area contributed by atoms with Crippen LogP contribution in [0.5, 0.6) is 0 Å². The molecule has 2 unspecified atom stereocenters. The lowest BCUT2D eigenvalue weighted by Crippen LogP contribution is -2.44. The van der Waals surface area contributed by atoms with E-state index in [-0.39, 0.29) is 0 Å². The molecule has 0 aromatic heterocycles. The van der Waals surface area contributed by atoms with Crippen molar-refractivity contribution in [3.05, 3.63) is 0 Å². The van der Waals surface area contributed by atoms with Crippen molar-refractivity contribution in [1.29, 1.82) is 0 Å². The molecular weight excluding hydrogens is 218 g/mol. The lowest BCUT2D eigenvalue weighted by Gasteiger charge is -2.35. The molecule has 0 amide bonds. The monoisotopic (exact) mass is 245 g/mol. The zero-order chi connectivity index (χ0) is 12.6. The summed E-state index contributed by atoms with van der Waals surface area (Å²) in [6, 6.07) is 0. The van der Waals surface area contributed by atoms with Crippen LogP contribution in [0.15, 0.2) is 0 Å². The van der Waals surface area contributed by atoms with Crippen molar-refractivity contribution in [3.63, 3.8) is 0 Å². The molecule has 0 bridgehead atoms. The first-order chi connectivity index (χ1) is 8.16. The highest BCUT2D eigenvalue weighted by Crippen LogP contribution is 2.31. The lowest BCUT2D eigenvalue weighted by molar-refractivity contribution is -0.0133. The van der Waals surface area contributed by atoms with Gasteiger partial charge >= 0.3 is 0 Å². The number of aliphatic hydroxyl groups is 1. The predicted molar refractivity (Wildman–Crippen MR) is 68.1 cm³/mol. The Bertz CT molecular complexity index is 201. The highest BCUT2D eigenvalue weighted by Gasteiger charge is 2.31. The molecule has 102 valence electrons. The minimum Gasteiger partial charge on any atom is -0.389 e. The van der Waals surface area contributed by atoms with Crippen LogP contribution >= 0.6 is 0 Å².